The molecule has 0 atom stereocenters. The Hall–Kier alpha value is -2.76. The molecule has 3 rings (SSSR count). The second-order valence-electron chi connectivity index (χ2n) is 3.86. The number of carboxylic acid groups (broad SMARTS) is 1. The van der Waals surface area contributed by atoms with Gasteiger partial charge in [-0.05, 0) is 17.5 Å². The van der Waals surface area contributed by atoms with Gasteiger partial charge >= 0.3 is 11.9 Å². The largest absolute Gasteiger partial charge is 0.474 e. The average molecular weight is 258 g/mol. The number of carbonyl (C=O) groups is 1. The Morgan fingerprint density at radius 1 is 1.11 bits per heavy atom. The van der Waals surface area contributed by atoms with Crippen LogP contribution < -0.4 is 0 Å². The lowest BCUT2D eigenvalue weighted by Gasteiger charge is -2.03. The van der Waals surface area contributed by atoms with Gasteiger partial charge in [0.05, 0.1) is 0 Å². The van der Waals surface area contributed by atoms with Gasteiger partial charge in [-0.15, -0.1) is 10.2 Å². The first-order chi connectivity index (χ1) is 9.16. The maximum absolute atomic E-state index is 13.7. The van der Waals surface area contributed by atoms with Gasteiger partial charge in [-0.25, -0.2) is 9.18 Å². The molecule has 0 unspecified atom stereocenters. The van der Waals surface area contributed by atoms with Gasteiger partial charge in [-0.2, -0.15) is 0 Å². The highest BCUT2D eigenvalue weighted by Crippen LogP contribution is 2.29. The third kappa shape index (κ3) is 1.83. The third-order valence-electron chi connectivity index (χ3n) is 2.71. The van der Waals surface area contributed by atoms with E-state index >= 15 is 0 Å². The summed E-state index contributed by atoms with van der Waals surface area (Å²) in [6.07, 6.45) is 0. The van der Waals surface area contributed by atoms with Gasteiger partial charge in [-0.3, -0.25) is 0 Å². The first-order valence-electron chi connectivity index (χ1n) is 5.41. The number of benzene rings is 2. The Labute approximate surface area is 106 Å². The molecule has 1 N–H and O–H groups in total. The zero-order valence-electron chi connectivity index (χ0n) is 9.50. The van der Waals surface area contributed by atoms with Crippen LogP contribution in [0.3, 0.4) is 0 Å². The summed E-state index contributed by atoms with van der Waals surface area (Å²) in [4.78, 5) is 10.7. The number of rotatable bonds is 2. The number of nitrogens with zero attached hydrogens (tertiary/aromatic N) is 2. The summed E-state index contributed by atoms with van der Waals surface area (Å²) in [7, 11) is 0. The molecule has 0 fully saturated rings. The maximum Gasteiger partial charge on any atom is 0.393 e. The molecule has 0 spiro atoms. The fraction of sp³-hybridized carbons (Fsp3) is 0. The molecule has 2 aromatic carbocycles. The Bertz CT molecular complexity index is 782. The highest BCUT2D eigenvalue weighted by molar-refractivity contribution is 5.95. The molecule has 0 aliphatic carbocycles. The number of aromatic carboxylic acids is 1. The molecule has 3 aromatic rings. The van der Waals surface area contributed by atoms with Gasteiger partial charge < -0.3 is 9.52 Å². The van der Waals surface area contributed by atoms with Crippen molar-refractivity contribution in [3.63, 3.8) is 0 Å². The van der Waals surface area contributed by atoms with Crippen molar-refractivity contribution in [1.29, 1.82) is 0 Å². The van der Waals surface area contributed by atoms with E-state index in [1.54, 1.807) is 24.3 Å². The molecule has 1 aromatic heterocycles. The van der Waals surface area contributed by atoms with Crippen molar-refractivity contribution in [3.05, 3.63) is 48.1 Å². The van der Waals surface area contributed by atoms with Crippen LogP contribution in [0.1, 0.15) is 10.7 Å². The van der Waals surface area contributed by atoms with Crippen LogP contribution >= 0.6 is 0 Å². The van der Waals surface area contributed by atoms with Crippen LogP contribution in [0.5, 0.6) is 0 Å². The molecule has 0 aliphatic rings. The minimum absolute atomic E-state index is 0.0496. The molecule has 0 radical (unpaired) electrons. The zero-order chi connectivity index (χ0) is 13.4. The number of halogens is 1. The highest BCUT2D eigenvalue weighted by atomic mass is 19.1. The molecule has 1 heterocycles. The number of aromatic nitrogens is 2. The van der Waals surface area contributed by atoms with Gasteiger partial charge in [0.1, 0.15) is 5.82 Å². The van der Waals surface area contributed by atoms with E-state index in [9.17, 15) is 9.18 Å². The van der Waals surface area contributed by atoms with Crippen LogP contribution in [0.25, 0.3) is 22.2 Å². The lowest BCUT2D eigenvalue weighted by molar-refractivity contribution is 0.0654. The molecule has 0 saturated carbocycles. The van der Waals surface area contributed by atoms with E-state index in [-0.39, 0.29) is 11.7 Å². The van der Waals surface area contributed by atoms with E-state index in [1.807, 2.05) is 0 Å². The highest BCUT2D eigenvalue weighted by Gasteiger charge is 2.16. The van der Waals surface area contributed by atoms with Crippen LogP contribution in [0.2, 0.25) is 0 Å². The molecule has 0 aliphatic heterocycles. The first-order valence-corrected chi connectivity index (χ1v) is 5.41. The van der Waals surface area contributed by atoms with E-state index in [0.717, 1.165) is 0 Å². The minimum Gasteiger partial charge on any atom is -0.474 e. The molecule has 5 nitrogen and oxygen atoms in total. The van der Waals surface area contributed by atoms with Crippen LogP contribution in [0.15, 0.2) is 40.8 Å². The van der Waals surface area contributed by atoms with Gasteiger partial charge in [0.15, 0.2) is 0 Å². The molecule has 0 amide bonds. The normalized spacial score (nSPS) is 10.8. The van der Waals surface area contributed by atoms with Crippen molar-refractivity contribution in [2.75, 3.05) is 0 Å². The van der Waals surface area contributed by atoms with E-state index in [1.165, 1.54) is 12.1 Å². The lowest BCUT2D eigenvalue weighted by Crippen LogP contribution is -1.95. The van der Waals surface area contributed by atoms with Crippen molar-refractivity contribution in [2.45, 2.75) is 0 Å². The van der Waals surface area contributed by atoms with Gasteiger partial charge in [0, 0.05) is 10.9 Å². The first kappa shape index (κ1) is 11.3. The summed E-state index contributed by atoms with van der Waals surface area (Å²) in [5.74, 6) is -2.11. The Morgan fingerprint density at radius 2 is 1.84 bits per heavy atom. The predicted molar refractivity (Wildman–Crippen MR) is 64.2 cm³/mol. The standard InChI is InChI=1S/C13H7FN2O3/c14-10-6-5-9(7-3-1-2-4-8(7)10)11-15-16-12(19-11)13(17)18/h1-6H,(H,17,18). The molecular formula is C13H7FN2O3. The molecule has 19 heavy (non-hydrogen) atoms. The molecular weight excluding hydrogens is 251 g/mol. The van der Waals surface area contributed by atoms with E-state index in [0.29, 0.717) is 16.3 Å². The zero-order valence-corrected chi connectivity index (χ0v) is 9.50. The fourth-order valence-electron chi connectivity index (χ4n) is 1.87. The smallest absolute Gasteiger partial charge is 0.393 e. The fourth-order valence-corrected chi connectivity index (χ4v) is 1.87. The molecule has 6 heteroatoms. The summed E-state index contributed by atoms with van der Waals surface area (Å²) in [6.45, 7) is 0. The Morgan fingerprint density at radius 3 is 2.53 bits per heavy atom. The van der Waals surface area contributed by atoms with Gasteiger partial charge in [0.25, 0.3) is 0 Å². The van der Waals surface area contributed by atoms with Gasteiger partial charge in [0.2, 0.25) is 5.89 Å². The summed E-state index contributed by atoms with van der Waals surface area (Å²) in [5.41, 5.74) is 0.497. The summed E-state index contributed by atoms with van der Waals surface area (Å²) >= 11 is 0. The number of hydrogen-bond donors (Lipinski definition) is 1. The predicted octanol–water partition coefficient (Wildman–Crippen LogP) is 2.73. The summed E-state index contributed by atoms with van der Waals surface area (Å²) in [6, 6.07) is 9.56. The van der Waals surface area contributed by atoms with Crippen molar-refractivity contribution in [2.24, 2.45) is 0 Å². The number of fused-ring (bicyclic) bond motifs is 1. The third-order valence-corrected chi connectivity index (χ3v) is 2.71. The van der Waals surface area contributed by atoms with E-state index in [4.69, 9.17) is 9.52 Å². The van der Waals surface area contributed by atoms with Crippen molar-refractivity contribution in [1.82, 2.24) is 10.2 Å². The summed E-state index contributed by atoms with van der Waals surface area (Å²) in [5, 5.41) is 16.8. The van der Waals surface area contributed by atoms with Crippen LogP contribution in [0.4, 0.5) is 4.39 Å². The summed E-state index contributed by atoms with van der Waals surface area (Å²) < 4.78 is 18.7. The molecule has 0 bridgehead atoms. The number of hydrogen-bond acceptors (Lipinski definition) is 4. The Kier molecular flexibility index (Phi) is 2.49. The topological polar surface area (TPSA) is 76.2 Å². The second-order valence-corrected chi connectivity index (χ2v) is 3.86. The quantitative estimate of drug-likeness (QED) is 0.764. The average Bonchev–Trinajstić information content (AvgIpc) is 2.89. The maximum atomic E-state index is 13.7. The van der Waals surface area contributed by atoms with Crippen LogP contribution in [-0.2, 0) is 0 Å². The SMILES string of the molecule is O=C(O)c1nnc(-c2ccc(F)c3ccccc23)o1. The van der Waals surface area contributed by atoms with E-state index < -0.39 is 11.9 Å². The lowest BCUT2D eigenvalue weighted by atomic mass is 10.0. The van der Waals surface area contributed by atoms with Crippen molar-refractivity contribution in [3.8, 4) is 11.5 Å². The second kappa shape index (κ2) is 4.16. The molecule has 94 valence electrons. The van der Waals surface area contributed by atoms with Crippen molar-refractivity contribution < 1.29 is 18.7 Å². The molecule has 0 saturated heterocycles. The van der Waals surface area contributed by atoms with Gasteiger partial charge in [-0.1, -0.05) is 24.3 Å². The monoisotopic (exact) mass is 258 g/mol. The minimum atomic E-state index is -1.30. The number of carboxylic acids is 1. The van der Waals surface area contributed by atoms with Crippen LogP contribution in [-0.4, -0.2) is 21.3 Å². The van der Waals surface area contributed by atoms with Crippen LogP contribution in [0, 0.1) is 5.82 Å². The van der Waals surface area contributed by atoms with Crippen molar-refractivity contribution >= 4 is 16.7 Å². The van der Waals surface area contributed by atoms with E-state index in [2.05, 4.69) is 10.2 Å². The Balaban J connectivity index is 2.24.